The van der Waals surface area contributed by atoms with Crippen LogP contribution in [-0.2, 0) is 4.74 Å². The smallest absolute Gasteiger partial charge is 0.271 e. The second-order valence-corrected chi connectivity index (χ2v) is 5.15. The maximum atomic E-state index is 10.8. The molecule has 0 spiro atoms. The summed E-state index contributed by atoms with van der Waals surface area (Å²) in [6.45, 7) is 1.16. The summed E-state index contributed by atoms with van der Waals surface area (Å²) in [5, 5.41) is 52.0. The van der Waals surface area contributed by atoms with Gasteiger partial charge in [0.2, 0.25) is 0 Å². The van der Waals surface area contributed by atoms with Gasteiger partial charge in [0.1, 0.15) is 24.4 Å². The summed E-state index contributed by atoms with van der Waals surface area (Å²) in [6.07, 6.45) is -6.60. The molecule has 5 atom stereocenters. The molecule has 0 aromatic heterocycles. The predicted molar refractivity (Wildman–Crippen MR) is 75.2 cm³/mol. The Kier molecular flexibility index (Phi) is 4.94. The molecule has 1 aliphatic rings. The number of aliphatic hydroxyl groups is 4. The van der Waals surface area contributed by atoms with E-state index in [1.807, 2.05) is 0 Å². The molecule has 1 aliphatic heterocycles. The SMILES string of the molecule is Cc1ccc([N+](=O)[O-])cc1N[C@H]1O[C@@H](CO)[C@@H](O)[C@@H](O)[C@@H]1O. The number of hydrogen-bond donors (Lipinski definition) is 5. The first-order valence-electron chi connectivity index (χ1n) is 6.67. The van der Waals surface area contributed by atoms with Crippen molar-refractivity contribution in [1.82, 2.24) is 0 Å². The number of nitrogens with one attached hydrogen (secondary N) is 1. The van der Waals surface area contributed by atoms with E-state index in [1.165, 1.54) is 18.2 Å². The molecule has 9 nitrogen and oxygen atoms in total. The lowest BCUT2D eigenvalue weighted by atomic mass is 9.98. The number of hydrogen-bond acceptors (Lipinski definition) is 8. The highest BCUT2D eigenvalue weighted by Crippen LogP contribution is 2.27. The molecule has 1 aromatic rings. The molecule has 2 rings (SSSR count). The van der Waals surface area contributed by atoms with Crippen molar-refractivity contribution in [3.8, 4) is 0 Å². The summed E-state index contributed by atoms with van der Waals surface area (Å²) in [7, 11) is 0. The van der Waals surface area contributed by atoms with Gasteiger partial charge in [-0.3, -0.25) is 10.1 Å². The lowest BCUT2D eigenvalue weighted by Crippen LogP contribution is -2.60. The van der Waals surface area contributed by atoms with Crippen LogP contribution in [-0.4, -0.2) is 62.6 Å². The van der Waals surface area contributed by atoms with Crippen LogP contribution >= 0.6 is 0 Å². The van der Waals surface area contributed by atoms with Crippen LogP contribution in [0.25, 0.3) is 0 Å². The van der Waals surface area contributed by atoms with E-state index in [1.54, 1.807) is 6.92 Å². The van der Waals surface area contributed by atoms with Crippen molar-refractivity contribution in [2.45, 2.75) is 37.6 Å². The van der Waals surface area contributed by atoms with Gasteiger partial charge in [0.05, 0.1) is 11.5 Å². The van der Waals surface area contributed by atoms with Crippen molar-refractivity contribution in [3.63, 3.8) is 0 Å². The number of aliphatic hydroxyl groups excluding tert-OH is 4. The molecular formula is C13H18N2O7. The van der Waals surface area contributed by atoms with Gasteiger partial charge in [0.25, 0.3) is 5.69 Å². The van der Waals surface area contributed by atoms with Gasteiger partial charge in [0, 0.05) is 17.8 Å². The van der Waals surface area contributed by atoms with Gasteiger partial charge in [-0.1, -0.05) is 6.07 Å². The van der Waals surface area contributed by atoms with Crippen LogP contribution in [0.4, 0.5) is 11.4 Å². The van der Waals surface area contributed by atoms with E-state index in [-0.39, 0.29) is 5.69 Å². The van der Waals surface area contributed by atoms with Crippen molar-refractivity contribution in [1.29, 1.82) is 0 Å². The Labute approximate surface area is 125 Å². The number of aryl methyl sites for hydroxylation is 1. The Morgan fingerprint density at radius 3 is 2.55 bits per heavy atom. The van der Waals surface area contributed by atoms with Crippen LogP contribution in [0.15, 0.2) is 18.2 Å². The largest absolute Gasteiger partial charge is 0.394 e. The first kappa shape index (κ1) is 16.6. The number of benzene rings is 1. The Balaban J connectivity index is 2.22. The topological polar surface area (TPSA) is 145 Å². The molecule has 1 heterocycles. The van der Waals surface area contributed by atoms with Gasteiger partial charge >= 0.3 is 0 Å². The second kappa shape index (κ2) is 6.55. The molecule has 0 aliphatic carbocycles. The van der Waals surface area contributed by atoms with Crippen molar-refractivity contribution in [3.05, 3.63) is 33.9 Å². The molecule has 1 aromatic carbocycles. The zero-order valence-electron chi connectivity index (χ0n) is 11.8. The Hall–Kier alpha value is -1.78. The summed E-state index contributed by atoms with van der Waals surface area (Å²) < 4.78 is 5.30. The molecule has 0 saturated carbocycles. The van der Waals surface area contributed by atoms with Gasteiger partial charge in [-0.2, -0.15) is 0 Å². The maximum Gasteiger partial charge on any atom is 0.271 e. The first-order chi connectivity index (χ1) is 10.3. The van der Waals surface area contributed by atoms with Gasteiger partial charge in [-0.25, -0.2) is 0 Å². The third-order valence-electron chi connectivity index (χ3n) is 3.62. The fraction of sp³-hybridized carbons (Fsp3) is 0.538. The van der Waals surface area contributed by atoms with E-state index >= 15 is 0 Å². The lowest BCUT2D eigenvalue weighted by molar-refractivity contribution is -0.384. The van der Waals surface area contributed by atoms with Crippen molar-refractivity contribution in [2.75, 3.05) is 11.9 Å². The third kappa shape index (κ3) is 3.18. The van der Waals surface area contributed by atoms with E-state index < -0.39 is 42.2 Å². The van der Waals surface area contributed by atoms with Gasteiger partial charge in [-0.05, 0) is 12.5 Å². The number of ether oxygens (including phenoxy) is 1. The van der Waals surface area contributed by atoms with E-state index in [2.05, 4.69) is 5.32 Å². The molecule has 1 saturated heterocycles. The van der Waals surface area contributed by atoms with E-state index in [9.17, 15) is 25.4 Å². The Morgan fingerprint density at radius 1 is 1.27 bits per heavy atom. The fourth-order valence-electron chi connectivity index (χ4n) is 2.25. The normalized spacial score (nSPS) is 31.8. The molecule has 0 radical (unpaired) electrons. The predicted octanol–water partition coefficient (Wildman–Crippen LogP) is -0.885. The number of nitro groups is 1. The standard InChI is InChI=1S/C13H18N2O7/c1-6-2-3-7(15(20)21)4-8(6)14-13-12(19)11(18)10(17)9(5-16)22-13/h2-4,9-14,16-19H,5H2,1H3/t9-,10+,11+,12-,13-/m0/s1. The summed E-state index contributed by atoms with van der Waals surface area (Å²) in [6, 6.07) is 4.15. The number of rotatable bonds is 4. The van der Waals surface area contributed by atoms with Gasteiger partial charge in [0.15, 0.2) is 6.23 Å². The minimum Gasteiger partial charge on any atom is -0.394 e. The molecule has 5 N–H and O–H groups in total. The third-order valence-corrected chi connectivity index (χ3v) is 3.62. The molecule has 1 fully saturated rings. The Bertz CT molecular complexity index is 551. The van der Waals surface area contributed by atoms with Crippen LogP contribution in [0.2, 0.25) is 0 Å². The van der Waals surface area contributed by atoms with Crippen LogP contribution in [0.5, 0.6) is 0 Å². The summed E-state index contributed by atoms with van der Waals surface area (Å²) in [5.41, 5.74) is 0.874. The van der Waals surface area contributed by atoms with Crippen LogP contribution in [0.3, 0.4) is 0 Å². The van der Waals surface area contributed by atoms with Gasteiger partial charge < -0.3 is 30.5 Å². The minimum absolute atomic E-state index is 0.141. The summed E-state index contributed by atoms with van der Waals surface area (Å²) in [4.78, 5) is 10.2. The molecule has 22 heavy (non-hydrogen) atoms. The highest BCUT2D eigenvalue weighted by molar-refractivity contribution is 5.57. The van der Waals surface area contributed by atoms with Crippen molar-refractivity contribution >= 4 is 11.4 Å². The fourth-order valence-corrected chi connectivity index (χ4v) is 2.25. The number of non-ortho nitro benzene ring substituents is 1. The van der Waals surface area contributed by atoms with Crippen LogP contribution < -0.4 is 5.32 Å². The Morgan fingerprint density at radius 2 is 1.95 bits per heavy atom. The zero-order valence-corrected chi connectivity index (χ0v) is 11.8. The molecule has 0 unspecified atom stereocenters. The zero-order chi connectivity index (χ0) is 16.4. The molecule has 0 amide bonds. The van der Waals surface area contributed by atoms with E-state index in [4.69, 9.17) is 9.84 Å². The highest BCUT2D eigenvalue weighted by Gasteiger charge is 2.43. The maximum absolute atomic E-state index is 10.8. The van der Waals surface area contributed by atoms with E-state index in [0.29, 0.717) is 11.3 Å². The summed E-state index contributed by atoms with van der Waals surface area (Å²) >= 11 is 0. The van der Waals surface area contributed by atoms with Gasteiger partial charge in [-0.15, -0.1) is 0 Å². The molecule has 0 bridgehead atoms. The highest BCUT2D eigenvalue weighted by atomic mass is 16.6. The lowest BCUT2D eigenvalue weighted by Gasteiger charge is -2.40. The minimum atomic E-state index is -1.51. The van der Waals surface area contributed by atoms with E-state index in [0.717, 1.165) is 0 Å². The molecule has 122 valence electrons. The molecular weight excluding hydrogens is 296 g/mol. The first-order valence-corrected chi connectivity index (χ1v) is 6.67. The summed E-state index contributed by atoms with van der Waals surface area (Å²) in [5.74, 6) is 0. The number of nitro benzene ring substituents is 1. The monoisotopic (exact) mass is 314 g/mol. The van der Waals surface area contributed by atoms with Crippen molar-refractivity contribution in [2.24, 2.45) is 0 Å². The quantitative estimate of drug-likeness (QED) is 0.355. The van der Waals surface area contributed by atoms with Crippen LogP contribution in [0.1, 0.15) is 5.56 Å². The number of nitrogens with zero attached hydrogens (tertiary/aromatic N) is 1. The average Bonchev–Trinajstić information content (AvgIpc) is 2.49. The number of anilines is 1. The van der Waals surface area contributed by atoms with Crippen LogP contribution in [0, 0.1) is 17.0 Å². The molecule has 9 heteroatoms. The average molecular weight is 314 g/mol. The second-order valence-electron chi connectivity index (χ2n) is 5.15. The van der Waals surface area contributed by atoms with Crippen molar-refractivity contribution < 1.29 is 30.1 Å².